The van der Waals surface area contributed by atoms with E-state index in [0.29, 0.717) is 44.3 Å². The summed E-state index contributed by atoms with van der Waals surface area (Å²) in [6, 6.07) is 6.55. The first-order valence-electron chi connectivity index (χ1n) is 7.41. The summed E-state index contributed by atoms with van der Waals surface area (Å²) in [6.07, 6.45) is 4.55. The van der Waals surface area contributed by atoms with Gasteiger partial charge in [0.1, 0.15) is 5.82 Å². The van der Waals surface area contributed by atoms with Crippen LogP contribution >= 0.6 is 0 Å². The molecular formula is C16H21FN2O2. The van der Waals surface area contributed by atoms with Gasteiger partial charge in [-0.2, -0.15) is 0 Å². The highest BCUT2D eigenvalue weighted by Gasteiger charge is 2.43. The van der Waals surface area contributed by atoms with Gasteiger partial charge in [-0.3, -0.25) is 9.59 Å². The molecule has 0 aromatic heterocycles. The zero-order valence-electron chi connectivity index (χ0n) is 12.0. The third kappa shape index (κ3) is 3.40. The number of halogens is 1. The maximum atomic E-state index is 14.1. The fourth-order valence-electron chi connectivity index (χ4n) is 3.07. The molecule has 21 heavy (non-hydrogen) atoms. The largest absolute Gasteiger partial charge is 0.359 e. The van der Waals surface area contributed by atoms with Crippen molar-refractivity contribution in [2.24, 2.45) is 0 Å². The first kappa shape index (κ1) is 15.5. The van der Waals surface area contributed by atoms with Crippen molar-refractivity contribution in [1.29, 1.82) is 0 Å². The standard InChI is InChI=1S/C16H21FN2O2/c17-14-7-2-1-6-13(14)16(8-3-4-9-16)15(21)19-11-5-10-18-12-20/h1-2,6-7,12H,3-5,8-11H2,(H,18,20)(H,19,21). The molecule has 2 rings (SSSR count). The summed E-state index contributed by atoms with van der Waals surface area (Å²) in [6.45, 7) is 1.01. The quantitative estimate of drug-likeness (QED) is 0.595. The van der Waals surface area contributed by atoms with Gasteiger partial charge < -0.3 is 10.6 Å². The lowest BCUT2D eigenvalue weighted by molar-refractivity contribution is -0.126. The van der Waals surface area contributed by atoms with Gasteiger partial charge in [0.05, 0.1) is 5.41 Å². The van der Waals surface area contributed by atoms with Crippen LogP contribution in [0.1, 0.15) is 37.7 Å². The van der Waals surface area contributed by atoms with Crippen LogP contribution in [0.3, 0.4) is 0 Å². The molecule has 1 fully saturated rings. The first-order valence-corrected chi connectivity index (χ1v) is 7.41. The molecule has 0 saturated heterocycles. The van der Waals surface area contributed by atoms with E-state index in [-0.39, 0.29) is 11.7 Å². The highest BCUT2D eigenvalue weighted by molar-refractivity contribution is 5.88. The average molecular weight is 292 g/mol. The van der Waals surface area contributed by atoms with E-state index in [9.17, 15) is 14.0 Å². The average Bonchev–Trinajstić information content (AvgIpc) is 2.98. The Balaban J connectivity index is 2.06. The van der Waals surface area contributed by atoms with Gasteiger partial charge in [0.2, 0.25) is 12.3 Å². The summed E-state index contributed by atoms with van der Waals surface area (Å²) in [5.41, 5.74) is -0.227. The number of nitrogens with one attached hydrogen (secondary N) is 2. The Morgan fingerprint density at radius 3 is 2.62 bits per heavy atom. The first-order chi connectivity index (χ1) is 10.2. The molecule has 0 atom stereocenters. The van der Waals surface area contributed by atoms with E-state index in [1.807, 2.05) is 0 Å². The van der Waals surface area contributed by atoms with E-state index in [4.69, 9.17) is 0 Å². The number of rotatable bonds is 7. The molecule has 114 valence electrons. The van der Waals surface area contributed by atoms with Crippen molar-refractivity contribution in [1.82, 2.24) is 10.6 Å². The molecule has 1 saturated carbocycles. The second-order valence-corrected chi connectivity index (χ2v) is 5.45. The van der Waals surface area contributed by atoms with Gasteiger partial charge in [-0.05, 0) is 25.3 Å². The second-order valence-electron chi connectivity index (χ2n) is 5.45. The molecule has 0 aliphatic heterocycles. The van der Waals surface area contributed by atoms with Crippen molar-refractivity contribution in [2.75, 3.05) is 13.1 Å². The monoisotopic (exact) mass is 292 g/mol. The van der Waals surface area contributed by atoms with Crippen LogP contribution in [0.2, 0.25) is 0 Å². The molecule has 0 spiro atoms. The fourth-order valence-corrected chi connectivity index (χ4v) is 3.07. The molecule has 4 nitrogen and oxygen atoms in total. The van der Waals surface area contributed by atoms with Crippen LogP contribution in [0.25, 0.3) is 0 Å². The number of hydrogen-bond donors (Lipinski definition) is 2. The zero-order chi connectivity index (χ0) is 15.1. The van der Waals surface area contributed by atoms with E-state index in [2.05, 4.69) is 10.6 Å². The van der Waals surface area contributed by atoms with Gasteiger partial charge >= 0.3 is 0 Å². The molecule has 0 heterocycles. The van der Waals surface area contributed by atoms with Crippen LogP contribution in [0.15, 0.2) is 24.3 Å². The van der Waals surface area contributed by atoms with Gasteiger partial charge in [-0.15, -0.1) is 0 Å². The van der Waals surface area contributed by atoms with Crippen LogP contribution in [0, 0.1) is 5.82 Å². The summed E-state index contributed by atoms with van der Waals surface area (Å²) in [7, 11) is 0. The Bertz CT molecular complexity index is 499. The highest BCUT2D eigenvalue weighted by atomic mass is 19.1. The summed E-state index contributed by atoms with van der Waals surface area (Å²) in [5, 5.41) is 5.44. The third-order valence-electron chi connectivity index (χ3n) is 4.15. The van der Waals surface area contributed by atoms with Crippen molar-refractivity contribution in [2.45, 2.75) is 37.5 Å². The molecule has 0 unspecified atom stereocenters. The van der Waals surface area contributed by atoms with Gasteiger partial charge in [0.25, 0.3) is 0 Å². The molecular weight excluding hydrogens is 271 g/mol. The summed E-state index contributed by atoms with van der Waals surface area (Å²) < 4.78 is 14.1. The van der Waals surface area contributed by atoms with E-state index in [0.717, 1.165) is 12.8 Å². The Morgan fingerprint density at radius 1 is 1.24 bits per heavy atom. The minimum Gasteiger partial charge on any atom is -0.359 e. The normalized spacial score (nSPS) is 16.4. The molecule has 1 aromatic rings. The molecule has 0 radical (unpaired) electrons. The summed E-state index contributed by atoms with van der Waals surface area (Å²) >= 11 is 0. The Morgan fingerprint density at radius 2 is 1.95 bits per heavy atom. The van der Waals surface area contributed by atoms with E-state index >= 15 is 0 Å². The minimum absolute atomic E-state index is 0.101. The van der Waals surface area contributed by atoms with Crippen LogP contribution < -0.4 is 10.6 Å². The fraction of sp³-hybridized carbons (Fsp3) is 0.500. The number of amides is 2. The number of benzene rings is 1. The third-order valence-corrected chi connectivity index (χ3v) is 4.15. The number of hydrogen-bond acceptors (Lipinski definition) is 2. The van der Waals surface area contributed by atoms with Gasteiger partial charge in [-0.25, -0.2) is 4.39 Å². The van der Waals surface area contributed by atoms with Crippen LogP contribution in [-0.2, 0) is 15.0 Å². The molecule has 1 aromatic carbocycles. The number of carbonyl (C=O) groups is 2. The predicted molar refractivity (Wildman–Crippen MR) is 78.2 cm³/mol. The van der Waals surface area contributed by atoms with Crippen LogP contribution in [-0.4, -0.2) is 25.4 Å². The summed E-state index contributed by atoms with van der Waals surface area (Å²) in [4.78, 5) is 22.7. The van der Waals surface area contributed by atoms with Crippen molar-refractivity contribution in [3.05, 3.63) is 35.6 Å². The van der Waals surface area contributed by atoms with Crippen molar-refractivity contribution in [3.63, 3.8) is 0 Å². The summed E-state index contributed by atoms with van der Waals surface area (Å²) in [5.74, 6) is -0.409. The molecule has 0 bridgehead atoms. The lowest BCUT2D eigenvalue weighted by Crippen LogP contribution is -2.43. The van der Waals surface area contributed by atoms with Crippen LogP contribution in [0.5, 0.6) is 0 Å². The van der Waals surface area contributed by atoms with Gasteiger partial charge in [0, 0.05) is 18.7 Å². The highest BCUT2D eigenvalue weighted by Crippen LogP contribution is 2.42. The van der Waals surface area contributed by atoms with Gasteiger partial charge in [-0.1, -0.05) is 31.0 Å². The molecule has 2 amide bonds. The Labute approximate surface area is 124 Å². The van der Waals surface area contributed by atoms with E-state index < -0.39 is 5.41 Å². The Hall–Kier alpha value is -1.91. The Kier molecular flexibility index (Phi) is 5.31. The van der Waals surface area contributed by atoms with Gasteiger partial charge in [0.15, 0.2) is 0 Å². The van der Waals surface area contributed by atoms with Crippen molar-refractivity contribution >= 4 is 12.3 Å². The maximum absolute atomic E-state index is 14.1. The lowest BCUT2D eigenvalue weighted by atomic mass is 9.77. The van der Waals surface area contributed by atoms with E-state index in [1.165, 1.54) is 6.07 Å². The molecule has 1 aliphatic rings. The zero-order valence-corrected chi connectivity index (χ0v) is 12.0. The second kappa shape index (κ2) is 7.20. The topological polar surface area (TPSA) is 58.2 Å². The van der Waals surface area contributed by atoms with E-state index in [1.54, 1.807) is 18.2 Å². The molecule has 2 N–H and O–H groups in total. The predicted octanol–water partition coefficient (Wildman–Crippen LogP) is 1.89. The smallest absolute Gasteiger partial charge is 0.230 e. The number of carbonyl (C=O) groups excluding carboxylic acids is 2. The van der Waals surface area contributed by atoms with Crippen LogP contribution in [0.4, 0.5) is 4.39 Å². The maximum Gasteiger partial charge on any atom is 0.230 e. The molecule has 5 heteroatoms. The van der Waals surface area contributed by atoms with Crippen molar-refractivity contribution < 1.29 is 14.0 Å². The SMILES string of the molecule is O=CNCCCNC(=O)C1(c2ccccc2F)CCCC1. The minimum atomic E-state index is -0.733. The van der Waals surface area contributed by atoms with Crippen molar-refractivity contribution in [3.8, 4) is 0 Å². The molecule has 1 aliphatic carbocycles. The lowest BCUT2D eigenvalue weighted by Gasteiger charge is -2.28.